The molecule has 0 aliphatic rings. The first-order valence-electron chi connectivity index (χ1n) is 7.82. The van der Waals surface area contributed by atoms with Crippen LogP contribution >= 0.6 is 0 Å². The number of rotatable bonds is 9. The van der Waals surface area contributed by atoms with Gasteiger partial charge in [-0.2, -0.15) is 0 Å². The van der Waals surface area contributed by atoms with Crippen molar-refractivity contribution in [3.8, 4) is 11.5 Å². The highest BCUT2D eigenvalue weighted by Crippen LogP contribution is 2.30. The van der Waals surface area contributed by atoms with E-state index in [9.17, 15) is 5.11 Å². The Hall–Kier alpha value is -1.22. The van der Waals surface area contributed by atoms with E-state index in [2.05, 4.69) is 25.7 Å². The van der Waals surface area contributed by atoms with Gasteiger partial charge in [0.25, 0.3) is 0 Å². The maximum absolute atomic E-state index is 10.3. The Morgan fingerprint density at radius 1 is 1.15 bits per heavy atom. The molecule has 0 aliphatic carbocycles. The minimum absolute atomic E-state index is 0.289. The molecule has 3 nitrogen and oxygen atoms in total. The molecule has 0 saturated carbocycles. The Kier molecular flexibility index (Phi) is 7.45. The summed E-state index contributed by atoms with van der Waals surface area (Å²) < 4.78 is 5.45. The van der Waals surface area contributed by atoms with Crippen molar-refractivity contribution in [1.29, 1.82) is 0 Å². The summed E-state index contributed by atoms with van der Waals surface area (Å²) >= 11 is 0. The average molecular weight is 279 g/mol. The normalized spacial score (nSPS) is 11.3. The molecule has 0 radical (unpaired) electrons. The minimum Gasteiger partial charge on any atom is -0.504 e. The van der Waals surface area contributed by atoms with Gasteiger partial charge in [0.1, 0.15) is 0 Å². The maximum atomic E-state index is 10.3. The summed E-state index contributed by atoms with van der Waals surface area (Å²) in [4.78, 5) is 2.39. The van der Waals surface area contributed by atoms with Crippen LogP contribution in [0.2, 0.25) is 0 Å². The second kappa shape index (κ2) is 8.85. The van der Waals surface area contributed by atoms with Gasteiger partial charge >= 0.3 is 0 Å². The number of nitrogens with zero attached hydrogens (tertiary/aromatic N) is 1. The van der Waals surface area contributed by atoms with Gasteiger partial charge in [-0.1, -0.05) is 45.7 Å². The van der Waals surface area contributed by atoms with E-state index in [4.69, 9.17) is 4.74 Å². The summed E-state index contributed by atoms with van der Waals surface area (Å²) in [5.74, 6) is 1.60. The molecule has 1 rings (SSSR count). The minimum atomic E-state index is 0.289. The van der Waals surface area contributed by atoms with E-state index in [-0.39, 0.29) is 5.75 Å². The largest absolute Gasteiger partial charge is 0.504 e. The van der Waals surface area contributed by atoms with Crippen molar-refractivity contribution < 1.29 is 9.84 Å². The van der Waals surface area contributed by atoms with Crippen LogP contribution in [0.25, 0.3) is 0 Å². The van der Waals surface area contributed by atoms with Gasteiger partial charge in [-0.25, -0.2) is 0 Å². The van der Waals surface area contributed by atoms with E-state index in [1.54, 1.807) is 0 Å². The molecule has 114 valence electrons. The van der Waals surface area contributed by atoms with Gasteiger partial charge in [0.15, 0.2) is 11.5 Å². The average Bonchev–Trinajstić information content (AvgIpc) is 2.47. The van der Waals surface area contributed by atoms with Crippen LogP contribution in [-0.2, 0) is 6.54 Å². The molecular formula is C17H29NO2. The number of hydrogen-bond donors (Lipinski definition) is 1. The predicted molar refractivity (Wildman–Crippen MR) is 84.3 cm³/mol. The molecule has 0 aliphatic heterocycles. The highest BCUT2D eigenvalue weighted by molar-refractivity contribution is 5.45. The number of phenolic OH excluding ortho intramolecular Hbond substituents is 1. The lowest BCUT2D eigenvalue weighted by molar-refractivity contribution is 0.222. The molecular weight excluding hydrogens is 250 g/mol. The molecule has 3 heteroatoms. The van der Waals surface area contributed by atoms with Crippen molar-refractivity contribution >= 4 is 0 Å². The van der Waals surface area contributed by atoms with Crippen LogP contribution in [0.5, 0.6) is 11.5 Å². The van der Waals surface area contributed by atoms with E-state index < -0.39 is 0 Å². The molecule has 0 amide bonds. The van der Waals surface area contributed by atoms with E-state index in [1.165, 1.54) is 12.8 Å². The molecule has 0 aromatic heterocycles. The lowest BCUT2D eigenvalue weighted by atomic mass is 10.0. The molecule has 0 heterocycles. The third-order valence-corrected chi connectivity index (χ3v) is 3.89. The zero-order valence-corrected chi connectivity index (χ0v) is 13.4. The van der Waals surface area contributed by atoms with E-state index in [0.717, 1.165) is 31.1 Å². The number of phenols is 1. The summed E-state index contributed by atoms with van der Waals surface area (Å²) in [6.45, 7) is 12.0. The second-order valence-corrected chi connectivity index (χ2v) is 5.21. The number of hydrogen-bond acceptors (Lipinski definition) is 3. The molecule has 0 spiro atoms. The lowest BCUT2D eigenvalue weighted by Crippen LogP contribution is -2.28. The monoisotopic (exact) mass is 279 g/mol. The molecule has 0 unspecified atom stereocenters. The van der Waals surface area contributed by atoms with Crippen molar-refractivity contribution in [2.24, 2.45) is 5.92 Å². The molecule has 1 N–H and O–H groups in total. The molecule has 0 bridgehead atoms. The van der Waals surface area contributed by atoms with Crippen molar-refractivity contribution in [3.05, 3.63) is 23.8 Å². The Bertz CT molecular complexity index is 389. The molecule has 1 aromatic rings. The van der Waals surface area contributed by atoms with Gasteiger partial charge < -0.3 is 9.84 Å². The van der Waals surface area contributed by atoms with Gasteiger partial charge in [-0.3, -0.25) is 4.90 Å². The SMILES string of the molecule is CCOc1cccc(CN(CC)CC(CC)CC)c1O. The fourth-order valence-corrected chi connectivity index (χ4v) is 2.43. The Balaban J connectivity index is 2.76. The van der Waals surface area contributed by atoms with Gasteiger partial charge in [-0.15, -0.1) is 0 Å². The number of para-hydroxylation sites is 1. The molecule has 1 aromatic carbocycles. The van der Waals surface area contributed by atoms with Crippen LogP contribution in [0.1, 0.15) is 46.1 Å². The topological polar surface area (TPSA) is 32.7 Å². The third-order valence-electron chi connectivity index (χ3n) is 3.89. The molecule has 0 saturated heterocycles. The third kappa shape index (κ3) is 4.71. The highest BCUT2D eigenvalue weighted by Gasteiger charge is 2.14. The number of aromatic hydroxyl groups is 1. The Morgan fingerprint density at radius 2 is 1.85 bits per heavy atom. The van der Waals surface area contributed by atoms with Crippen LogP contribution in [-0.4, -0.2) is 29.7 Å². The van der Waals surface area contributed by atoms with Crippen LogP contribution in [0.4, 0.5) is 0 Å². The Morgan fingerprint density at radius 3 is 2.40 bits per heavy atom. The Labute approximate surface area is 123 Å². The number of ether oxygens (including phenoxy) is 1. The first kappa shape index (κ1) is 16.8. The van der Waals surface area contributed by atoms with Crippen LogP contribution in [0.3, 0.4) is 0 Å². The molecule has 20 heavy (non-hydrogen) atoms. The standard InChI is InChI=1S/C17H29NO2/c1-5-14(6-2)12-18(7-3)13-15-10-9-11-16(17(15)19)20-8-4/h9-11,14,19H,5-8,12-13H2,1-4H3. The van der Waals surface area contributed by atoms with Crippen LogP contribution in [0.15, 0.2) is 18.2 Å². The van der Waals surface area contributed by atoms with E-state index >= 15 is 0 Å². The summed E-state index contributed by atoms with van der Waals surface area (Å²) in [5.41, 5.74) is 0.948. The summed E-state index contributed by atoms with van der Waals surface area (Å²) in [7, 11) is 0. The van der Waals surface area contributed by atoms with E-state index in [0.29, 0.717) is 12.4 Å². The zero-order chi connectivity index (χ0) is 15.0. The van der Waals surface area contributed by atoms with Crippen molar-refractivity contribution in [1.82, 2.24) is 4.90 Å². The quantitative estimate of drug-likeness (QED) is 0.740. The van der Waals surface area contributed by atoms with Gasteiger partial charge in [0.2, 0.25) is 0 Å². The number of benzene rings is 1. The highest BCUT2D eigenvalue weighted by atomic mass is 16.5. The summed E-state index contributed by atoms with van der Waals surface area (Å²) in [6.07, 6.45) is 2.41. The van der Waals surface area contributed by atoms with Crippen molar-refractivity contribution in [2.45, 2.75) is 47.1 Å². The van der Waals surface area contributed by atoms with Crippen molar-refractivity contribution in [3.63, 3.8) is 0 Å². The van der Waals surface area contributed by atoms with Gasteiger partial charge in [0, 0.05) is 18.7 Å². The van der Waals surface area contributed by atoms with Crippen molar-refractivity contribution in [2.75, 3.05) is 19.7 Å². The van der Waals surface area contributed by atoms with Gasteiger partial charge in [-0.05, 0) is 25.5 Å². The van der Waals surface area contributed by atoms with Gasteiger partial charge in [0.05, 0.1) is 6.61 Å². The van der Waals surface area contributed by atoms with Crippen LogP contribution in [0, 0.1) is 5.92 Å². The summed E-state index contributed by atoms with van der Waals surface area (Å²) in [5, 5.41) is 10.3. The van der Waals surface area contributed by atoms with E-state index in [1.807, 2.05) is 25.1 Å². The van der Waals surface area contributed by atoms with Crippen LogP contribution < -0.4 is 4.74 Å². The fourth-order valence-electron chi connectivity index (χ4n) is 2.43. The molecule has 0 atom stereocenters. The molecule has 0 fully saturated rings. The lowest BCUT2D eigenvalue weighted by Gasteiger charge is -2.25. The first-order chi connectivity index (χ1) is 9.65. The fraction of sp³-hybridized carbons (Fsp3) is 0.647. The second-order valence-electron chi connectivity index (χ2n) is 5.21. The maximum Gasteiger partial charge on any atom is 0.162 e. The first-order valence-corrected chi connectivity index (χ1v) is 7.82. The summed E-state index contributed by atoms with van der Waals surface area (Å²) in [6, 6.07) is 5.75. The predicted octanol–water partition coefficient (Wildman–Crippen LogP) is 4.05. The zero-order valence-electron chi connectivity index (χ0n) is 13.4. The smallest absolute Gasteiger partial charge is 0.162 e.